The summed E-state index contributed by atoms with van der Waals surface area (Å²) in [4.78, 5) is 35.0. The van der Waals surface area contributed by atoms with E-state index in [1.807, 2.05) is 37.3 Å². The van der Waals surface area contributed by atoms with E-state index in [0.717, 1.165) is 6.42 Å². The molecule has 9 heteroatoms. The van der Waals surface area contributed by atoms with E-state index in [1.54, 1.807) is 48.6 Å². The largest absolute Gasteiger partial charge is 0.496 e. The Balaban J connectivity index is 1.58. The Morgan fingerprint density at radius 2 is 1.45 bits per heavy atom. The first-order valence-electron chi connectivity index (χ1n) is 12.4. The van der Waals surface area contributed by atoms with Crippen LogP contribution in [0.3, 0.4) is 0 Å². The third-order valence-corrected chi connectivity index (χ3v) is 6.75. The van der Waals surface area contributed by atoms with Crippen LogP contribution in [-0.4, -0.2) is 45.9 Å². The Morgan fingerprint density at radius 1 is 0.789 bits per heavy atom. The van der Waals surface area contributed by atoms with Crippen LogP contribution in [0.1, 0.15) is 24.9 Å². The number of para-hydroxylation sites is 1. The summed E-state index contributed by atoms with van der Waals surface area (Å²) >= 11 is 0. The number of hydroxylamine groups is 1. The van der Waals surface area contributed by atoms with Crippen LogP contribution < -0.4 is 28.9 Å². The smallest absolute Gasteiger partial charge is 0.266 e. The third kappa shape index (κ3) is 4.28. The van der Waals surface area contributed by atoms with Crippen LogP contribution in [0.25, 0.3) is 0 Å². The zero-order valence-electron chi connectivity index (χ0n) is 21.7. The molecule has 3 aromatic carbocycles. The number of carbonyl (C=O) groups excluding carboxylic acids is 2. The van der Waals surface area contributed by atoms with Crippen LogP contribution in [0.4, 0.5) is 11.4 Å². The van der Waals surface area contributed by atoms with Gasteiger partial charge in [-0.15, -0.1) is 0 Å². The Morgan fingerprint density at radius 3 is 2.08 bits per heavy atom. The van der Waals surface area contributed by atoms with Crippen molar-refractivity contribution in [2.45, 2.75) is 25.5 Å². The van der Waals surface area contributed by atoms with Gasteiger partial charge in [-0.3, -0.25) is 14.4 Å². The lowest BCUT2D eigenvalue weighted by Crippen LogP contribution is -2.37. The molecule has 3 aromatic rings. The van der Waals surface area contributed by atoms with Gasteiger partial charge in [0, 0.05) is 11.6 Å². The highest BCUT2D eigenvalue weighted by Crippen LogP contribution is 2.51. The molecular weight excluding hydrogens is 488 g/mol. The molecule has 0 aliphatic carbocycles. The molecule has 3 atom stereocenters. The Labute approximate surface area is 221 Å². The molecule has 2 heterocycles. The average Bonchev–Trinajstić information content (AvgIpc) is 3.47. The van der Waals surface area contributed by atoms with Crippen LogP contribution in [0.5, 0.6) is 23.0 Å². The Kier molecular flexibility index (Phi) is 7.11. The van der Waals surface area contributed by atoms with Gasteiger partial charge in [-0.2, -0.15) is 0 Å². The minimum Gasteiger partial charge on any atom is -0.496 e. The first kappa shape index (κ1) is 25.4. The van der Waals surface area contributed by atoms with Crippen molar-refractivity contribution in [1.82, 2.24) is 0 Å². The molecule has 2 saturated heterocycles. The summed E-state index contributed by atoms with van der Waals surface area (Å²) in [6.07, 6.45) is -0.133. The number of rotatable bonds is 9. The molecule has 5 rings (SSSR count). The van der Waals surface area contributed by atoms with E-state index in [-0.39, 0.29) is 5.91 Å². The number of ether oxygens (including phenoxy) is 4. The molecule has 2 amide bonds. The molecule has 2 fully saturated rings. The van der Waals surface area contributed by atoms with Gasteiger partial charge >= 0.3 is 0 Å². The lowest BCUT2D eigenvalue weighted by molar-refractivity contribution is -0.126. The van der Waals surface area contributed by atoms with E-state index in [2.05, 4.69) is 0 Å². The minimum absolute atomic E-state index is 0.359. The Bertz CT molecular complexity index is 1310. The SMILES string of the molecule is CCCOc1ccc(N2C(=O)[C@H]3[C@@H](c4cc(OC)c(OC)cc4OC)N(c4ccccc4)O[C@H]3C2=O)cc1. The summed E-state index contributed by atoms with van der Waals surface area (Å²) in [5, 5.41) is 1.62. The zero-order valence-corrected chi connectivity index (χ0v) is 21.7. The number of methoxy groups -OCH3 is 3. The summed E-state index contributed by atoms with van der Waals surface area (Å²) < 4.78 is 22.4. The summed E-state index contributed by atoms with van der Waals surface area (Å²) in [6.45, 7) is 2.61. The fourth-order valence-electron chi connectivity index (χ4n) is 4.98. The lowest BCUT2D eigenvalue weighted by atomic mass is 9.89. The molecule has 198 valence electrons. The van der Waals surface area contributed by atoms with Crippen LogP contribution >= 0.6 is 0 Å². The molecular formula is C29H30N2O7. The summed E-state index contributed by atoms with van der Waals surface area (Å²) in [7, 11) is 4.62. The molecule has 0 radical (unpaired) electrons. The molecule has 0 bridgehead atoms. The topological polar surface area (TPSA) is 86.8 Å². The Hall–Kier alpha value is -4.24. The van der Waals surface area contributed by atoms with E-state index in [0.29, 0.717) is 46.5 Å². The molecule has 0 saturated carbocycles. The average molecular weight is 519 g/mol. The molecule has 0 unspecified atom stereocenters. The van der Waals surface area contributed by atoms with Crippen molar-refractivity contribution in [2.24, 2.45) is 5.92 Å². The first-order valence-corrected chi connectivity index (χ1v) is 12.4. The number of amides is 2. The lowest BCUT2D eigenvalue weighted by Gasteiger charge is -2.30. The van der Waals surface area contributed by atoms with Crippen molar-refractivity contribution in [3.8, 4) is 23.0 Å². The van der Waals surface area contributed by atoms with Crippen molar-refractivity contribution in [2.75, 3.05) is 37.9 Å². The van der Waals surface area contributed by atoms with Gasteiger partial charge in [0.2, 0.25) is 5.91 Å². The predicted molar refractivity (Wildman–Crippen MR) is 141 cm³/mol. The van der Waals surface area contributed by atoms with E-state index in [4.69, 9.17) is 23.8 Å². The number of fused-ring (bicyclic) bond motifs is 1. The molecule has 0 aromatic heterocycles. The molecule has 0 spiro atoms. The highest BCUT2D eigenvalue weighted by molar-refractivity contribution is 6.24. The van der Waals surface area contributed by atoms with Gasteiger partial charge in [0.15, 0.2) is 17.6 Å². The second-order valence-corrected chi connectivity index (χ2v) is 8.96. The normalized spacial score (nSPS) is 20.5. The number of benzene rings is 3. The van der Waals surface area contributed by atoms with Gasteiger partial charge in [0.05, 0.1) is 39.3 Å². The number of hydrogen-bond acceptors (Lipinski definition) is 8. The quantitative estimate of drug-likeness (QED) is 0.382. The number of anilines is 2. The van der Waals surface area contributed by atoms with Gasteiger partial charge in [-0.1, -0.05) is 25.1 Å². The monoisotopic (exact) mass is 518 g/mol. The fourth-order valence-corrected chi connectivity index (χ4v) is 4.98. The van der Waals surface area contributed by atoms with Crippen LogP contribution in [0.2, 0.25) is 0 Å². The second-order valence-electron chi connectivity index (χ2n) is 8.96. The maximum absolute atomic E-state index is 14.0. The van der Waals surface area contributed by atoms with E-state index in [9.17, 15) is 9.59 Å². The van der Waals surface area contributed by atoms with Crippen molar-refractivity contribution < 1.29 is 33.4 Å². The van der Waals surface area contributed by atoms with Gasteiger partial charge in [-0.05, 0) is 48.9 Å². The van der Waals surface area contributed by atoms with Crippen LogP contribution in [0.15, 0.2) is 66.7 Å². The first-order chi connectivity index (χ1) is 18.5. The molecule has 2 aliphatic heterocycles. The zero-order chi connectivity index (χ0) is 26.8. The second kappa shape index (κ2) is 10.6. The van der Waals surface area contributed by atoms with E-state index in [1.165, 1.54) is 19.1 Å². The van der Waals surface area contributed by atoms with Crippen molar-refractivity contribution in [3.05, 3.63) is 72.3 Å². The number of carbonyl (C=O) groups is 2. The van der Waals surface area contributed by atoms with Gasteiger partial charge in [-0.25, -0.2) is 9.96 Å². The third-order valence-electron chi connectivity index (χ3n) is 6.75. The maximum atomic E-state index is 14.0. The number of imide groups is 1. The summed E-state index contributed by atoms with van der Waals surface area (Å²) in [5.41, 5.74) is 1.80. The molecule has 9 nitrogen and oxygen atoms in total. The summed E-state index contributed by atoms with van der Waals surface area (Å²) in [6, 6.07) is 19.1. The molecule has 38 heavy (non-hydrogen) atoms. The highest BCUT2D eigenvalue weighted by atomic mass is 16.7. The van der Waals surface area contributed by atoms with Crippen molar-refractivity contribution in [3.63, 3.8) is 0 Å². The molecule has 2 aliphatic rings. The van der Waals surface area contributed by atoms with Crippen LogP contribution in [0, 0.1) is 5.92 Å². The summed E-state index contributed by atoms with van der Waals surface area (Å²) in [5.74, 6) is 0.494. The number of nitrogens with zero attached hydrogens (tertiary/aromatic N) is 2. The van der Waals surface area contributed by atoms with E-state index >= 15 is 0 Å². The molecule has 0 N–H and O–H groups in total. The predicted octanol–water partition coefficient (Wildman–Crippen LogP) is 4.55. The van der Waals surface area contributed by atoms with Crippen molar-refractivity contribution in [1.29, 1.82) is 0 Å². The van der Waals surface area contributed by atoms with Crippen LogP contribution in [-0.2, 0) is 14.4 Å². The standard InChI is InChI=1S/C29H30N2O7/c1-5-15-37-20-13-11-18(12-14-20)30-28(32)25-26(21-16-23(35-3)24(36-4)17-22(21)34-2)31(38-27(25)29(30)33)19-9-7-6-8-10-19/h6-14,16-17,25-27H,5,15H2,1-4H3/t25-,26+,27+/m0/s1. The van der Waals surface area contributed by atoms with Gasteiger partial charge < -0.3 is 18.9 Å². The minimum atomic E-state index is -1.01. The van der Waals surface area contributed by atoms with E-state index < -0.39 is 24.0 Å². The fraction of sp³-hybridized carbons (Fsp3) is 0.310. The van der Waals surface area contributed by atoms with Gasteiger partial charge in [0.25, 0.3) is 5.91 Å². The van der Waals surface area contributed by atoms with Crippen molar-refractivity contribution >= 4 is 23.2 Å². The van der Waals surface area contributed by atoms with Gasteiger partial charge in [0.1, 0.15) is 23.5 Å². The maximum Gasteiger partial charge on any atom is 0.266 e. The highest BCUT2D eigenvalue weighted by Gasteiger charge is 2.61. The number of hydrogen-bond donors (Lipinski definition) is 0.